The first-order valence-electron chi connectivity index (χ1n) is 8.65. The molecular formula is C19H28O. The fraction of sp³-hybridized carbons (Fsp3) is 0.789. The molecule has 1 unspecified atom stereocenters. The molecule has 4 aliphatic carbocycles. The van der Waals surface area contributed by atoms with E-state index in [1.807, 2.05) is 0 Å². The molecule has 0 aliphatic heterocycles. The highest BCUT2D eigenvalue weighted by molar-refractivity contribution is 5.31. The average molecular weight is 272 g/mol. The van der Waals surface area contributed by atoms with Gasteiger partial charge in [-0.1, -0.05) is 31.9 Å². The summed E-state index contributed by atoms with van der Waals surface area (Å²) in [6.45, 7) is 4.88. The topological polar surface area (TPSA) is 20.2 Å². The highest BCUT2D eigenvalue weighted by Gasteiger charge is 2.55. The SMILES string of the molecule is C[C@@]12CCC[C@H]1C1=CCC3CCC=C(O)[C@]3(C)[C@H]1CC2. The first-order chi connectivity index (χ1) is 9.56. The van der Waals surface area contributed by atoms with Gasteiger partial charge >= 0.3 is 0 Å². The predicted molar refractivity (Wildman–Crippen MR) is 82.4 cm³/mol. The van der Waals surface area contributed by atoms with E-state index in [2.05, 4.69) is 26.0 Å². The minimum atomic E-state index is 0.0479. The van der Waals surface area contributed by atoms with Gasteiger partial charge in [-0.25, -0.2) is 0 Å². The van der Waals surface area contributed by atoms with E-state index >= 15 is 0 Å². The summed E-state index contributed by atoms with van der Waals surface area (Å²) in [5.41, 5.74) is 2.35. The molecule has 4 rings (SSSR count). The molecule has 20 heavy (non-hydrogen) atoms. The van der Waals surface area contributed by atoms with Gasteiger partial charge < -0.3 is 5.11 Å². The van der Waals surface area contributed by atoms with E-state index in [0.717, 1.165) is 12.3 Å². The van der Waals surface area contributed by atoms with Crippen molar-refractivity contribution in [3.05, 3.63) is 23.5 Å². The molecule has 2 fully saturated rings. The van der Waals surface area contributed by atoms with Crippen LogP contribution in [-0.4, -0.2) is 5.11 Å². The van der Waals surface area contributed by atoms with Gasteiger partial charge in [0, 0.05) is 5.41 Å². The highest BCUT2D eigenvalue weighted by Crippen LogP contribution is 2.64. The Balaban J connectivity index is 1.77. The molecule has 0 bridgehead atoms. The smallest absolute Gasteiger partial charge is 0.0950 e. The predicted octanol–water partition coefficient (Wildman–Crippen LogP) is 5.39. The normalized spacial score (nSPS) is 50.6. The van der Waals surface area contributed by atoms with Crippen molar-refractivity contribution in [1.82, 2.24) is 0 Å². The summed E-state index contributed by atoms with van der Waals surface area (Å²) >= 11 is 0. The molecular weight excluding hydrogens is 244 g/mol. The van der Waals surface area contributed by atoms with Gasteiger partial charge in [0.15, 0.2) is 0 Å². The van der Waals surface area contributed by atoms with Crippen LogP contribution in [0.1, 0.15) is 65.2 Å². The molecule has 1 heteroatoms. The van der Waals surface area contributed by atoms with Gasteiger partial charge in [-0.05, 0) is 74.2 Å². The molecule has 0 radical (unpaired) electrons. The summed E-state index contributed by atoms with van der Waals surface area (Å²) in [6, 6.07) is 0. The lowest BCUT2D eigenvalue weighted by Crippen LogP contribution is -2.47. The molecule has 110 valence electrons. The maximum atomic E-state index is 10.6. The molecule has 2 saturated carbocycles. The van der Waals surface area contributed by atoms with Crippen molar-refractivity contribution in [3.8, 4) is 0 Å². The van der Waals surface area contributed by atoms with Crippen LogP contribution in [0.15, 0.2) is 23.5 Å². The standard InChI is InChI=1S/C19H28O/c1-18-11-4-6-15(18)14-9-8-13-5-3-7-17(20)19(13,2)16(14)10-12-18/h7,9,13,15-16,20H,3-6,8,10-12H2,1-2H3/t13?,15-,16-,18-,19-/m0/s1. The van der Waals surface area contributed by atoms with Gasteiger partial charge in [0.05, 0.1) is 5.76 Å². The third-order valence-corrected chi connectivity index (χ3v) is 7.51. The van der Waals surface area contributed by atoms with Crippen LogP contribution in [0.4, 0.5) is 0 Å². The van der Waals surface area contributed by atoms with E-state index in [1.54, 1.807) is 5.57 Å². The minimum Gasteiger partial charge on any atom is -0.512 e. The molecule has 1 N–H and O–H groups in total. The Labute approximate surface area is 123 Å². The highest BCUT2D eigenvalue weighted by atomic mass is 16.3. The molecule has 0 saturated heterocycles. The van der Waals surface area contributed by atoms with E-state index < -0.39 is 0 Å². The molecule has 1 nitrogen and oxygen atoms in total. The molecule has 0 heterocycles. The number of hydrogen-bond acceptors (Lipinski definition) is 1. The minimum absolute atomic E-state index is 0.0479. The quantitative estimate of drug-likeness (QED) is 0.586. The fourth-order valence-electron chi connectivity index (χ4n) is 6.17. The van der Waals surface area contributed by atoms with Gasteiger partial charge in [0.25, 0.3) is 0 Å². The number of aliphatic hydroxyl groups is 1. The average Bonchev–Trinajstić information content (AvgIpc) is 2.82. The van der Waals surface area contributed by atoms with Crippen LogP contribution in [0.3, 0.4) is 0 Å². The van der Waals surface area contributed by atoms with Crippen molar-refractivity contribution in [3.63, 3.8) is 0 Å². The van der Waals surface area contributed by atoms with Crippen LogP contribution in [-0.2, 0) is 0 Å². The van der Waals surface area contributed by atoms with Gasteiger partial charge in [-0.2, -0.15) is 0 Å². The zero-order valence-corrected chi connectivity index (χ0v) is 13.0. The number of fused-ring (bicyclic) bond motifs is 5. The third-order valence-electron chi connectivity index (χ3n) is 7.51. The Kier molecular flexibility index (Phi) is 2.69. The second kappa shape index (κ2) is 4.15. The summed E-state index contributed by atoms with van der Waals surface area (Å²) in [7, 11) is 0. The molecule has 0 aromatic rings. The molecule has 0 spiro atoms. The lowest BCUT2D eigenvalue weighted by Gasteiger charge is -2.55. The Hall–Kier alpha value is -0.720. The van der Waals surface area contributed by atoms with Gasteiger partial charge in [0.1, 0.15) is 0 Å². The monoisotopic (exact) mass is 272 g/mol. The number of rotatable bonds is 0. The second-order valence-corrected chi connectivity index (χ2v) is 8.28. The Morgan fingerprint density at radius 1 is 1.05 bits per heavy atom. The van der Waals surface area contributed by atoms with Crippen LogP contribution in [0.2, 0.25) is 0 Å². The molecule has 0 aromatic heterocycles. The number of hydrogen-bond donors (Lipinski definition) is 1. The van der Waals surface area contributed by atoms with Crippen molar-refractivity contribution in [2.24, 2.45) is 28.6 Å². The molecule has 0 amide bonds. The summed E-state index contributed by atoms with van der Waals surface area (Å²) in [5, 5.41) is 10.6. The molecule has 4 aliphatic rings. The van der Waals surface area contributed by atoms with Crippen molar-refractivity contribution >= 4 is 0 Å². The summed E-state index contributed by atoms with van der Waals surface area (Å²) in [4.78, 5) is 0. The van der Waals surface area contributed by atoms with E-state index in [9.17, 15) is 5.11 Å². The summed E-state index contributed by atoms with van der Waals surface area (Å²) in [6.07, 6.45) is 15.1. The number of aliphatic hydroxyl groups excluding tert-OH is 1. The van der Waals surface area contributed by atoms with Gasteiger partial charge in [0.2, 0.25) is 0 Å². The maximum absolute atomic E-state index is 10.6. The maximum Gasteiger partial charge on any atom is 0.0950 e. The van der Waals surface area contributed by atoms with Crippen molar-refractivity contribution in [2.45, 2.75) is 65.2 Å². The number of allylic oxidation sites excluding steroid dienone is 4. The summed E-state index contributed by atoms with van der Waals surface area (Å²) in [5.74, 6) is 2.82. The Bertz CT molecular complexity index is 488. The van der Waals surface area contributed by atoms with Gasteiger partial charge in [-0.15, -0.1) is 0 Å². The van der Waals surface area contributed by atoms with Crippen LogP contribution in [0.5, 0.6) is 0 Å². The zero-order valence-electron chi connectivity index (χ0n) is 13.0. The van der Waals surface area contributed by atoms with Crippen LogP contribution >= 0.6 is 0 Å². The van der Waals surface area contributed by atoms with E-state index in [-0.39, 0.29) is 5.41 Å². The molecule has 0 aromatic carbocycles. The van der Waals surface area contributed by atoms with Crippen molar-refractivity contribution in [2.75, 3.05) is 0 Å². The third kappa shape index (κ3) is 1.50. The van der Waals surface area contributed by atoms with Gasteiger partial charge in [-0.3, -0.25) is 0 Å². The van der Waals surface area contributed by atoms with E-state index in [1.165, 1.54) is 44.9 Å². The van der Waals surface area contributed by atoms with E-state index in [4.69, 9.17) is 0 Å². The van der Waals surface area contributed by atoms with Crippen molar-refractivity contribution < 1.29 is 5.11 Å². The first-order valence-corrected chi connectivity index (χ1v) is 8.65. The lowest BCUT2D eigenvalue weighted by molar-refractivity contribution is 0.0245. The lowest BCUT2D eigenvalue weighted by atomic mass is 9.50. The van der Waals surface area contributed by atoms with Crippen molar-refractivity contribution in [1.29, 1.82) is 0 Å². The van der Waals surface area contributed by atoms with Crippen LogP contribution in [0, 0.1) is 28.6 Å². The molecule has 5 atom stereocenters. The first kappa shape index (κ1) is 13.0. The largest absolute Gasteiger partial charge is 0.512 e. The summed E-state index contributed by atoms with van der Waals surface area (Å²) < 4.78 is 0. The Morgan fingerprint density at radius 3 is 2.75 bits per heavy atom. The van der Waals surface area contributed by atoms with Crippen LogP contribution in [0.25, 0.3) is 0 Å². The van der Waals surface area contributed by atoms with Crippen LogP contribution < -0.4 is 0 Å². The fourth-order valence-corrected chi connectivity index (χ4v) is 6.17. The second-order valence-electron chi connectivity index (χ2n) is 8.28. The van der Waals surface area contributed by atoms with E-state index in [0.29, 0.717) is 23.0 Å². The Morgan fingerprint density at radius 2 is 1.90 bits per heavy atom. The zero-order chi connectivity index (χ0) is 14.0.